The minimum Gasteiger partial charge on any atom is -0.0786 e. The zero-order chi connectivity index (χ0) is 14.8. The maximum atomic E-state index is 3.80. The van der Waals surface area contributed by atoms with Crippen molar-refractivity contribution in [2.24, 2.45) is 0 Å². The van der Waals surface area contributed by atoms with Gasteiger partial charge in [0.1, 0.15) is 0 Å². The van der Waals surface area contributed by atoms with Crippen molar-refractivity contribution >= 4 is 31.9 Å². The van der Waals surface area contributed by atoms with Crippen LogP contribution in [0.1, 0.15) is 48.7 Å². The standard InChI is InChI=1S/C18H20Br2/c1-4-18(2,3)15-9-5-13(6-10-15)17(20)14-7-11-16(19)12-8-14/h5-12,17H,4H2,1-3H3. The van der Waals surface area contributed by atoms with Gasteiger partial charge in [0, 0.05) is 4.47 Å². The van der Waals surface area contributed by atoms with Crippen molar-refractivity contribution < 1.29 is 0 Å². The molecule has 0 bridgehead atoms. The van der Waals surface area contributed by atoms with Gasteiger partial charge in [-0.1, -0.05) is 89.0 Å². The first kappa shape index (κ1) is 15.8. The second kappa shape index (κ2) is 6.44. The van der Waals surface area contributed by atoms with E-state index in [4.69, 9.17) is 0 Å². The lowest BCUT2D eigenvalue weighted by atomic mass is 9.82. The molecule has 0 saturated carbocycles. The summed E-state index contributed by atoms with van der Waals surface area (Å²) in [6.45, 7) is 6.83. The van der Waals surface area contributed by atoms with Gasteiger partial charge in [-0.3, -0.25) is 0 Å². The molecule has 0 aliphatic heterocycles. The smallest absolute Gasteiger partial charge is 0.0644 e. The van der Waals surface area contributed by atoms with Crippen LogP contribution in [0, 0.1) is 0 Å². The Bertz CT molecular complexity index is 553. The first-order chi connectivity index (χ1) is 9.44. The van der Waals surface area contributed by atoms with E-state index in [1.165, 1.54) is 16.7 Å². The summed E-state index contributed by atoms with van der Waals surface area (Å²) >= 11 is 7.27. The fraction of sp³-hybridized carbons (Fsp3) is 0.333. The zero-order valence-electron chi connectivity index (χ0n) is 12.2. The number of rotatable bonds is 4. The minimum atomic E-state index is 0.245. The third kappa shape index (κ3) is 3.53. The Morgan fingerprint density at radius 3 is 1.80 bits per heavy atom. The summed E-state index contributed by atoms with van der Waals surface area (Å²) in [5.41, 5.74) is 4.22. The molecule has 0 aliphatic carbocycles. The summed E-state index contributed by atoms with van der Waals surface area (Å²) in [5, 5.41) is 0. The SMILES string of the molecule is CCC(C)(C)c1ccc(C(Br)c2ccc(Br)cc2)cc1. The summed E-state index contributed by atoms with van der Waals surface area (Å²) < 4.78 is 1.11. The van der Waals surface area contributed by atoms with Gasteiger partial charge in [-0.25, -0.2) is 0 Å². The first-order valence-corrected chi connectivity index (χ1v) is 8.65. The van der Waals surface area contributed by atoms with Crippen LogP contribution in [-0.2, 0) is 5.41 Å². The average molecular weight is 396 g/mol. The minimum absolute atomic E-state index is 0.245. The Morgan fingerprint density at radius 2 is 1.35 bits per heavy atom. The molecule has 0 spiro atoms. The van der Waals surface area contributed by atoms with Crippen LogP contribution >= 0.6 is 31.9 Å². The van der Waals surface area contributed by atoms with E-state index in [1.807, 2.05) is 0 Å². The van der Waals surface area contributed by atoms with Crippen molar-refractivity contribution in [3.63, 3.8) is 0 Å². The van der Waals surface area contributed by atoms with Crippen LogP contribution in [0.5, 0.6) is 0 Å². The van der Waals surface area contributed by atoms with Crippen molar-refractivity contribution in [1.82, 2.24) is 0 Å². The summed E-state index contributed by atoms with van der Waals surface area (Å²) in [6.07, 6.45) is 1.15. The van der Waals surface area contributed by atoms with Gasteiger partial charge in [0.05, 0.1) is 4.83 Å². The van der Waals surface area contributed by atoms with E-state index in [-0.39, 0.29) is 10.2 Å². The van der Waals surface area contributed by atoms with E-state index < -0.39 is 0 Å². The van der Waals surface area contributed by atoms with Crippen LogP contribution in [-0.4, -0.2) is 0 Å². The molecule has 2 aromatic carbocycles. The zero-order valence-corrected chi connectivity index (χ0v) is 15.3. The number of alkyl halides is 1. The van der Waals surface area contributed by atoms with Gasteiger partial charge in [0.2, 0.25) is 0 Å². The molecular weight excluding hydrogens is 376 g/mol. The van der Waals surface area contributed by atoms with Crippen LogP contribution in [0.15, 0.2) is 53.0 Å². The number of hydrogen-bond acceptors (Lipinski definition) is 0. The largest absolute Gasteiger partial charge is 0.0786 e. The highest BCUT2D eigenvalue weighted by molar-refractivity contribution is 9.10. The fourth-order valence-electron chi connectivity index (χ4n) is 2.13. The molecule has 0 N–H and O–H groups in total. The van der Waals surface area contributed by atoms with E-state index in [9.17, 15) is 0 Å². The third-order valence-electron chi connectivity index (χ3n) is 4.03. The summed E-state index contributed by atoms with van der Waals surface area (Å²) in [5.74, 6) is 0. The second-order valence-electron chi connectivity index (χ2n) is 5.77. The van der Waals surface area contributed by atoms with Crippen LogP contribution < -0.4 is 0 Å². The van der Waals surface area contributed by atoms with Gasteiger partial charge in [-0.05, 0) is 40.7 Å². The normalized spacial score (nSPS) is 13.2. The number of halogens is 2. The second-order valence-corrected chi connectivity index (χ2v) is 7.60. The van der Waals surface area contributed by atoms with E-state index in [0.29, 0.717) is 0 Å². The predicted molar refractivity (Wildman–Crippen MR) is 94.7 cm³/mol. The summed E-state index contributed by atoms with van der Waals surface area (Å²) in [4.78, 5) is 0.245. The number of benzene rings is 2. The van der Waals surface area contributed by atoms with Crippen molar-refractivity contribution in [1.29, 1.82) is 0 Å². The molecule has 20 heavy (non-hydrogen) atoms. The quantitative estimate of drug-likeness (QED) is 0.510. The molecule has 0 aliphatic rings. The molecule has 2 heteroatoms. The summed E-state index contributed by atoms with van der Waals surface area (Å²) in [6, 6.07) is 17.4. The molecule has 0 amide bonds. The molecule has 0 nitrogen and oxygen atoms in total. The molecule has 0 radical (unpaired) electrons. The predicted octanol–water partition coefficient (Wildman–Crippen LogP) is 6.62. The Hall–Kier alpha value is -0.600. The monoisotopic (exact) mass is 394 g/mol. The first-order valence-electron chi connectivity index (χ1n) is 6.94. The fourth-order valence-corrected chi connectivity index (χ4v) is 3.01. The Morgan fingerprint density at radius 1 is 0.900 bits per heavy atom. The van der Waals surface area contributed by atoms with Crippen molar-refractivity contribution in [2.75, 3.05) is 0 Å². The van der Waals surface area contributed by atoms with E-state index in [2.05, 4.69) is 101 Å². The molecule has 2 aromatic rings. The number of hydrogen-bond donors (Lipinski definition) is 0. The van der Waals surface area contributed by atoms with Crippen LogP contribution in [0.3, 0.4) is 0 Å². The molecule has 2 rings (SSSR count). The van der Waals surface area contributed by atoms with Crippen LogP contribution in [0.2, 0.25) is 0 Å². The molecule has 0 heterocycles. The van der Waals surface area contributed by atoms with Crippen molar-refractivity contribution in [3.05, 3.63) is 69.7 Å². The molecule has 0 saturated heterocycles. The highest BCUT2D eigenvalue weighted by Gasteiger charge is 2.18. The van der Waals surface area contributed by atoms with Gasteiger partial charge in [0.25, 0.3) is 0 Å². The third-order valence-corrected chi connectivity index (χ3v) is 5.62. The maximum absolute atomic E-state index is 3.80. The Kier molecular flexibility index (Phi) is 5.09. The lowest BCUT2D eigenvalue weighted by molar-refractivity contribution is 0.506. The molecular formula is C18H20Br2. The van der Waals surface area contributed by atoms with E-state index >= 15 is 0 Å². The highest BCUT2D eigenvalue weighted by atomic mass is 79.9. The van der Waals surface area contributed by atoms with Gasteiger partial charge in [0.15, 0.2) is 0 Å². The molecule has 1 unspecified atom stereocenters. The Labute approximate surface area is 138 Å². The lowest BCUT2D eigenvalue weighted by Crippen LogP contribution is -2.15. The summed E-state index contributed by atoms with van der Waals surface area (Å²) in [7, 11) is 0. The van der Waals surface area contributed by atoms with Crippen molar-refractivity contribution in [3.8, 4) is 0 Å². The molecule has 1 atom stereocenters. The van der Waals surface area contributed by atoms with Gasteiger partial charge in [-0.15, -0.1) is 0 Å². The molecule has 0 fully saturated rings. The van der Waals surface area contributed by atoms with Crippen molar-refractivity contribution in [2.45, 2.75) is 37.4 Å². The Balaban J connectivity index is 2.23. The topological polar surface area (TPSA) is 0 Å². The van der Waals surface area contributed by atoms with Gasteiger partial charge < -0.3 is 0 Å². The van der Waals surface area contributed by atoms with Gasteiger partial charge in [-0.2, -0.15) is 0 Å². The van der Waals surface area contributed by atoms with Gasteiger partial charge >= 0.3 is 0 Å². The molecule has 0 aromatic heterocycles. The highest BCUT2D eigenvalue weighted by Crippen LogP contribution is 2.33. The molecule has 106 valence electrons. The van der Waals surface area contributed by atoms with Crippen LogP contribution in [0.25, 0.3) is 0 Å². The van der Waals surface area contributed by atoms with E-state index in [1.54, 1.807) is 0 Å². The maximum Gasteiger partial charge on any atom is 0.0644 e. The average Bonchev–Trinajstić information content (AvgIpc) is 2.47. The van der Waals surface area contributed by atoms with E-state index in [0.717, 1.165) is 10.9 Å². The van der Waals surface area contributed by atoms with Crippen LogP contribution in [0.4, 0.5) is 0 Å². The lowest BCUT2D eigenvalue weighted by Gasteiger charge is -2.24.